The highest BCUT2D eigenvalue weighted by Gasteiger charge is 2.00. The highest BCUT2D eigenvalue weighted by molar-refractivity contribution is 6.36. The number of hydrogen-bond acceptors (Lipinski definition) is 1. The minimum atomic E-state index is 0.671. The monoisotopic (exact) mass is 231 g/mol. The lowest BCUT2D eigenvalue weighted by Gasteiger charge is -2.09. The molecule has 0 aliphatic carbocycles. The summed E-state index contributed by atoms with van der Waals surface area (Å²) in [6, 6.07) is 5.50. The summed E-state index contributed by atoms with van der Waals surface area (Å²) in [6.07, 6.45) is 1.14. The summed E-state index contributed by atoms with van der Waals surface area (Å²) < 4.78 is 0. The molecular weight excluding hydrogens is 217 g/mol. The van der Waals surface area contributed by atoms with Gasteiger partial charge in [0, 0.05) is 11.6 Å². The van der Waals surface area contributed by atoms with Crippen molar-refractivity contribution in [3.63, 3.8) is 0 Å². The van der Waals surface area contributed by atoms with Crippen molar-refractivity contribution in [2.75, 3.05) is 11.9 Å². The summed E-state index contributed by atoms with van der Waals surface area (Å²) >= 11 is 11.8. The maximum Gasteiger partial charge on any atom is 0.0652 e. The summed E-state index contributed by atoms with van der Waals surface area (Å²) in [5, 5.41) is 4.63. The molecule has 1 aromatic carbocycles. The lowest BCUT2D eigenvalue weighted by atomic mass is 10.1. The van der Waals surface area contributed by atoms with Crippen LogP contribution in [-0.4, -0.2) is 6.54 Å². The van der Waals surface area contributed by atoms with Gasteiger partial charge in [-0.05, 0) is 30.5 Å². The normalized spacial score (nSPS) is 10.6. The number of benzene rings is 1. The zero-order chi connectivity index (χ0) is 10.6. The molecule has 1 aromatic rings. The molecule has 0 atom stereocenters. The Bertz CT molecular complexity index is 297. The second kappa shape index (κ2) is 5.47. The van der Waals surface area contributed by atoms with E-state index in [9.17, 15) is 0 Å². The SMILES string of the molecule is CC(C)CCNc1ccc(Cl)cc1Cl. The minimum absolute atomic E-state index is 0.671. The zero-order valence-corrected chi connectivity index (χ0v) is 9.99. The van der Waals surface area contributed by atoms with E-state index in [4.69, 9.17) is 23.2 Å². The minimum Gasteiger partial charge on any atom is -0.384 e. The van der Waals surface area contributed by atoms with Crippen molar-refractivity contribution >= 4 is 28.9 Å². The number of rotatable bonds is 4. The molecule has 0 amide bonds. The molecule has 1 rings (SSSR count). The molecule has 0 aliphatic rings. The van der Waals surface area contributed by atoms with Gasteiger partial charge >= 0.3 is 0 Å². The fraction of sp³-hybridized carbons (Fsp3) is 0.455. The average molecular weight is 232 g/mol. The average Bonchev–Trinajstić information content (AvgIpc) is 2.08. The molecule has 0 saturated heterocycles. The molecule has 1 nitrogen and oxygen atoms in total. The third-order valence-electron chi connectivity index (χ3n) is 1.97. The standard InChI is InChI=1S/C11H15Cl2N/c1-8(2)5-6-14-11-4-3-9(12)7-10(11)13/h3-4,7-8,14H,5-6H2,1-2H3. The number of halogens is 2. The third-order valence-corrected chi connectivity index (χ3v) is 2.52. The van der Waals surface area contributed by atoms with Crippen molar-refractivity contribution < 1.29 is 0 Å². The predicted molar refractivity (Wildman–Crippen MR) is 64.4 cm³/mol. The third kappa shape index (κ3) is 3.77. The quantitative estimate of drug-likeness (QED) is 0.808. The van der Waals surface area contributed by atoms with Gasteiger partial charge in [-0.15, -0.1) is 0 Å². The Labute approximate surface area is 95.4 Å². The van der Waals surface area contributed by atoms with Gasteiger partial charge in [-0.3, -0.25) is 0 Å². The lowest BCUT2D eigenvalue weighted by molar-refractivity contribution is 0.607. The van der Waals surface area contributed by atoms with Gasteiger partial charge in [-0.1, -0.05) is 37.0 Å². The van der Waals surface area contributed by atoms with Crippen LogP contribution in [0, 0.1) is 5.92 Å². The topological polar surface area (TPSA) is 12.0 Å². The predicted octanol–water partition coefficient (Wildman–Crippen LogP) is 4.45. The van der Waals surface area contributed by atoms with E-state index in [1.54, 1.807) is 6.07 Å². The molecule has 3 heteroatoms. The summed E-state index contributed by atoms with van der Waals surface area (Å²) in [5.41, 5.74) is 0.955. The Balaban J connectivity index is 2.51. The second-order valence-electron chi connectivity index (χ2n) is 3.73. The molecule has 0 aromatic heterocycles. The van der Waals surface area contributed by atoms with Crippen LogP contribution in [0.1, 0.15) is 20.3 Å². The van der Waals surface area contributed by atoms with Crippen LogP contribution in [0.2, 0.25) is 10.0 Å². The second-order valence-corrected chi connectivity index (χ2v) is 4.58. The largest absolute Gasteiger partial charge is 0.384 e. The zero-order valence-electron chi connectivity index (χ0n) is 8.48. The van der Waals surface area contributed by atoms with Crippen LogP contribution < -0.4 is 5.32 Å². The molecule has 1 N–H and O–H groups in total. The van der Waals surface area contributed by atoms with Crippen molar-refractivity contribution in [1.29, 1.82) is 0 Å². The van der Waals surface area contributed by atoms with Crippen LogP contribution in [-0.2, 0) is 0 Å². The molecular formula is C11H15Cl2N. The summed E-state index contributed by atoms with van der Waals surface area (Å²) in [4.78, 5) is 0. The van der Waals surface area contributed by atoms with Crippen LogP contribution in [0.5, 0.6) is 0 Å². The highest BCUT2D eigenvalue weighted by atomic mass is 35.5. The molecule has 0 fully saturated rings. The summed E-state index contributed by atoms with van der Waals surface area (Å²) in [6.45, 7) is 5.34. The Kier molecular flexibility index (Phi) is 4.56. The molecule has 0 unspecified atom stereocenters. The van der Waals surface area contributed by atoms with E-state index in [0.717, 1.165) is 18.7 Å². The van der Waals surface area contributed by atoms with Gasteiger partial charge < -0.3 is 5.32 Å². The van der Waals surface area contributed by atoms with Crippen molar-refractivity contribution in [3.8, 4) is 0 Å². The summed E-state index contributed by atoms with van der Waals surface area (Å²) in [7, 11) is 0. The van der Waals surface area contributed by atoms with Crippen LogP contribution >= 0.6 is 23.2 Å². The smallest absolute Gasteiger partial charge is 0.0652 e. The fourth-order valence-electron chi connectivity index (χ4n) is 1.13. The molecule has 0 heterocycles. The number of nitrogens with one attached hydrogen (secondary N) is 1. The van der Waals surface area contributed by atoms with Gasteiger partial charge in [0.1, 0.15) is 0 Å². The first-order chi connectivity index (χ1) is 6.59. The van der Waals surface area contributed by atoms with E-state index in [0.29, 0.717) is 16.0 Å². The summed E-state index contributed by atoms with van der Waals surface area (Å²) in [5.74, 6) is 0.702. The van der Waals surface area contributed by atoms with E-state index in [1.807, 2.05) is 12.1 Å². The van der Waals surface area contributed by atoms with Crippen LogP contribution in [0.3, 0.4) is 0 Å². The van der Waals surface area contributed by atoms with Gasteiger partial charge in [0.05, 0.1) is 10.7 Å². The molecule has 14 heavy (non-hydrogen) atoms. The number of hydrogen-bond donors (Lipinski definition) is 1. The Morgan fingerprint density at radius 1 is 1.29 bits per heavy atom. The van der Waals surface area contributed by atoms with Crippen LogP contribution in [0.25, 0.3) is 0 Å². The van der Waals surface area contributed by atoms with Gasteiger partial charge in [0.15, 0.2) is 0 Å². The van der Waals surface area contributed by atoms with Crippen molar-refractivity contribution in [2.45, 2.75) is 20.3 Å². The van der Waals surface area contributed by atoms with Gasteiger partial charge in [0.2, 0.25) is 0 Å². The van der Waals surface area contributed by atoms with E-state index < -0.39 is 0 Å². The van der Waals surface area contributed by atoms with E-state index in [1.165, 1.54) is 0 Å². The molecule has 0 radical (unpaired) electrons. The van der Waals surface area contributed by atoms with Crippen molar-refractivity contribution in [2.24, 2.45) is 5.92 Å². The van der Waals surface area contributed by atoms with Gasteiger partial charge in [-0.25, -0.2) is 0 Å². The molecule has 0 spiro atoms. The van der Waals surface area contributed by atoms with E-state index in [-0.39, 0.29) is 0 Å². The van der Waals surface area contributed by atoms with Crippen LogP contribution in [0.15, 0.2) is 18.2 Å². The maximum absolute atomic E-state index is 6.00. The lowest BCUT2D eigenvalue weighted by Crippen LogP contribution is -2.04. The first-order valence-electron chi connectivity index (χ1n) is 4.78. The Morgan fingerprint density at radius 2 is 2.00 bits per heavy atom. The Morgan fingerprint density at radius 3 is 2.57 bits per heavy atom. The molecule has 0 aliphatic heterocycles. The van der Waals surface area contributed by atoms with Gasteiger partial charge in [0.25, 0.3) is 0 Å². The fourth-order valence-corrected chi connectivity index (χ4v) is 1.60. The van der Waals surface area contributed by atoms with E-state index >= 15 is 0 Å². The van der Waals surface area contributed by atoms with Crippen molar-refractivity contribution in [3.05, 3.63) is 28.2 Å². The first kappa shape index (κ1) is 11.7. The maximum atomic E-state index is 6.00. The van der Waals surface area contributed by atoms with Crippen LogP contribution in [0.4, 0.5) is 5.69 Å². The number of anilines is 1. The first-order valence-corrected chi connectivity index (χ1v) is 5.54. The van der Waals surface area contributed by atoms with Crippen molar-refractivity contribution in [1.82, 2.24) is 0 Å². The molecule has 0 bridgehead atoms. The van der Waals surface area contributed by atoms with E-state index in [2.05, 4.69) is 19.2 Å². The highest BCUT2D eigenvalue weighted by Crippen LogP contribution is 2.25. The van der Waals surface area contributed by atoms with Gasteiger partial charge in [-0.2, -0.15) is 0 Å². The molecule has 78 valence electrons. The Hall–Kier alpha value is -0.400. The molecule has 0 saturated carbocycles.